The zero-order valence-corrected chi connectivity index (χ0v) is 24.9. The molecule has 1 heterocycles. The van der Waals surface area contributed by atoms with Crippen LogP contribution in [-0.2, 0) is 20.1 Å². The predicted octanol–water partition coefficient (Wildman–Crippen LogP) is 9.30. The monoisotopic (exact) mass is 677 g/mol. The molecule has 2 aromatic carbocycles. The molecule has 0 aliphatic heterocycles. The molecule has 3 aromatic rings. The Morgan fingerprint density at radius 3 is 1.79 bits per heavy atom. The molecule has 0 amide bonds. The smallest absolute Gasteiger partial charge is 0.0242 e. The Morgan fingerprint density at radius 2 is 1.18 bits per heavy atom. The second-order valence-corrected chi connectivity index (χ2v) is 14.1. The largest absolute Gasteiger partial charge is 0.304 e. The van der Waals surface area contributed by atoms with Gasteiger partial charge < -0.3 is 4.98 Å². The van der Waals surface area contributed by atoms with Crippen LogP contribution in [0.1, 0.15) is 116 Å². The van der Waals surface area contributed by atoms with E-state index >= 15 is 0 Å². The van der Waals surface area contributed by atoms with Crippen LogP contribution in [0.25, 0.3) is 22.4 Å². The average Bonchev–Trinajstić information content (AvgIpc) is 3.18. The molecule has 4 fully saturated rings. The summed E-state index contributed by atoms with van der Waals surface area (Å²) < 4.78 is 0. The Kier molecular flexibility index (Phi) is 5.62. The fraction of sp³-hybridized carbons (Fsp3) is 0.528. The van der Waals surface area contributed by atoms with Crippen LogP contribution in [-0.4, -0.2) is 4.98 Å². The Morgan fingerprint density at radius 1 is 0.632 bits per heavy atom. The molecule has 197 valence electrons. The molecule has 2 heteroatoms. The fourth-order valence-corrected chi connectivity index (χ4v) is 10.6. The standard InChI is InChI=1S/C36H38N.Ir/c1-20-6-36(26-3-5-32-28-11-23-8-24(12-28)16-30(15-23)34(32)18-26)37-19-35(20)25-2-4-31-27-9-21-7-22(10-27)14-29(13-21)33(31)17-25;/h2,4-6,17-19,21-24,27-30H,7-16H2,1H3;/q-1;. The first-order chi connectivity index (χ1) is 18.1. The molecule has 0 saturated heterocycles. The summed E-state index contributed by atoms with van der Waals surface area (Å²) in [7, 11) is 0. The minimum absolute atomic E-state index is 0. The first-order valence-corrected chi connectivity index (χ1v) is 15.3. The van der Waals surface area contributed by atoms with Crippen molar-refractivity contribution >= 4 is 0 Å². The zero-order valence-electron chi connectivity index (χ0n) is 22.5. The number of hydrogen-bond acceptors (Lipinski definition) is 1. The molecule has 1 aromatic heterocycles. The Hall–Kier alpha value is -1.76. The maximum Gasteiger partial charge on any atom is 0.0242 e. The normalized spacial score (nSPS) is 35.3. The van der Waals surface area contributed by atoms with Crippen LogP contribution in [0.3, 0.4) is 0 Å². The van der Waals surface area contributed by atoms with Gasteiger partial charge in [0.25, 0.3) is 0 Å². The predicted molar refractivity (Wildman–Crippen MR) is 150 cm³/mol. The van der Waals surface area contributed by atoms with E-state index in [1.807, 2.05) is 0 Å². The van der Waals surface area contributed by atoms with Gasteiger partial charge in [-0.3, -0.25) is 0 Å². The number of aryl methyl sites for hydroxylation is 1. The summed E-state index contributed by atoms with van der Waals surface area (Å²) >= 11 is 0. The van der Waals surface area contributed by atoms with Crippen molar-refractivity contribution in [2.75, 3.05) is 0 Å². The first kappa shape index (κ1) is 24.1. The summed E-state index contributed by atoms with van der Waals surface area (Å²) in [5.74, 6) is 7.03. The number of aromatic nitrogens is 1. The van der Waals surface area contributed by atoms with Gasteiger partial charge in [0, 0.05) is 31.9 Å². The van der Waals surface area contributed by atoms with Gasteiger partial charge in [-0.15, -0.1) is 34.9 Å². The van der Waals surface area contributed by atoms with Crippen molar-refractivity contribution in [1.29, 1.82) is 0 Å². The number of nitrogens with zero attached hydrogens (tertiary/aromatic N) is 1. The molecule has 4 unspecified atom stereocenters. The van der Waals surface area contributed by atoms with E-state index in [4.69, 9.17) is 4.98 Å². The van der Waals surface area contributed by atoms with E-state index < -0.39 is 0 Å². The molecule has 1 nitrogen and oxygen atoms in total. The summed E-state index contributed by atoms with van der Waals surface area (Å²) in [6, 6.07) is 18.3. The van der Waals surface area contributed by atoms with Crippen molar-refractivity contribution in [2.45, 2.75) is 94.8 Å². The van der Waals surface area contributed by atoms with Gasteiger partial charge in [0.1, 0.15) is 0 Å². The Bertz CT molecular complexity index is 1390. The summed E-state index contributed by atoms with van der Waals surface area (Å²) in [6.07, 6.45) is 16.5. The molecule has 8 aliphatic rings. The van der Waals surface area contributed by atoms with E-state index in [1.165, 1.54) is 86.5 Å². The number of pyridine rings is 1. The molecule has 4 saturated carbocycles. The van der Waals surface area contributed by atoms with Crippen LogP contribution >= 0.6 is 0 Å². The molecule has 0 spiro atoms. The van der Waals surface area contributed by atoms with Gasteiger partial charge in [-0.1, -0.05) is 37.1 Å². The van der Waals surface area contributed by atoms with Gasteiger partial charge in [0.15, 0.2) is 0 Å². The average molecular weight is 677 g/mol. The van der Waals surface area contributed by atoms with Gasteiger partial charge in [-0.05, 0) is 134 Å². The van der Waals surface area contributed by atoms with E-state index in [0.29, 0.717) is 0 Å². The van der Waals surface area contributed by atoms with Gasteiger partial charge in [-0.25, -0.2) is 0 Å². The van der Waals surface area contributed by atoms with Crippen molar-refractivity contribution in [3.8, 4) is 22.4 Å². The number of benzene rings is 2. The molecular weight excluding hydrogens is 639 g/mol. The molecule has 11 rings (SSSR count). The molecule has 38 heavy (non-hydrogen) atoms. The third-order valence-corrected chi connectivity index (χ3v) is 11.8. The van der Waals surface area contributed by atoms with Gasteiger partial charge in [0.2, 0.25) is 0 Å². The third kappa shape index (κ3) is 3.69. The summed E-state index contributed by atoms with van der Waals surface area (Å²) in [5, 5.41) is 0. The van der Waals surface area contributed by atoms with E-state index in [1.54, 1.807) is 22.3 Å². The number of hydrogen-bond donors (Lipinski definition) is 0. The quantitative estimate of drug-likeness (QED) is 0.247. The van der Waals surface area contributed by atoms with Crippen LogP contribution in [0.2, 0.25) is 0 Å². The molecule has 4 atom stereocenters. The molecule has 8 bridgehead atoms. The van der Waals surface area contributed by atoms with Crippen molar-refractivity contribution in [2.24, 2.45) is 23.7 Å². The summed E-state index contributed by atoms with van der Waals surface area (Å²) in [5.41, 5.74) is 12.9. The number of rotatable bonds is 2. The summed E-state index contributed by atoms with van der Waals surface area (Å²) in [4.78, 5) is 5.05. The SMILES string of the molecule is Cc1cc(-c2[c-]cc3c(c2)C2CC4CC(CC3C4)C2)ncc1-c1ccc2c(c1)C1CC3CC(CC2C3)C1.[Ir]. The first-order valence-electron chi connectivity index (χ1n) is 15.3. The Balaban J connectivity index is 0.00000225. The topological polar surface area (TPSA) is 12.9 Å². The van der Waals surface area contributed by atoms with E-state index in [0.717, 1.165) is 53.0 Å². The van der Waals surface area contributed by atoms with Crippen molar-refractivity contribution < 1.29 is 20.1 Å². The third-order valence-electron chi connectivity index (χ3n) is 11.8. The van der Waals surface area contributed by atoms with E-state index in [2.05, 4.69) is 55.6 Å². The minimum atomic E-state index is 0. The van der Waals surface area contributed by atoms with E-state index in [-0.39, 0.29) is 20.1 Å². The van der Waals surface area contributed by atoms with Crippen LogP contribution in [0.5, 0.6) is 0 Å². The van der Waals surface area contributed by atoms with Gasteiger partial charge in [-0.2, -0.15) is 0 Å². The second kappa shape index (κ2) is 8.87. The van der Waals surface area contributed by atoms with Gasteiger partial charge in [0.05, 0.1) is 0 Å². The van der Waals surface area contributed by atoms with Crippen molar-refractivity contribution in [3.05, 3.63) is 76.5 Å². The second-order valence-electron chi connectivity index (χ2n) is 14.1. The van der Waals surface area contributed by atoms with Crippen LogP contribution < -0.4 is 0 Å². The maximum absolute atomic E-state index is 5.05. The molecule has 1 radical (unpaired) electrons. The molecular formula is C36H38IrN-. The van der Waals surface area contributed by atoms with Crippen LogP contribution in [0, 0.1) is 36.7 Å². The molecule has 8 aliphatic carbocycles. The summed E-state index contributed by atoms with van der Waals surface area (Å²) in [6.45, 7) is 2.28. The molecule has 0 N–H and O–H groups in total. The maximum atomic E-state index is 5.05. The minimum Gasteiger partial charge on any atom is -0.304 e. The van der Waals surface area contributed by atoms with Gasteiger partial charge >= 0.3 is 0 Å². The van der Waals surface area contributed by atoms with Crippen molar-refractivity contribution in [3.63, 3.8) is 0 Å². The Labute approximate surface area is 241 Å². The zero-order chi connectivity index (χ0) is 24.2. The fourth-order valence-electron chi connectivity index (χ4n) is 10.6. The van der Waals surface area contributed by atoms with E-state index in [9.17, 15) is 0 Å². The van der Waals surface area contributed by atoms with Crippen molar-refractivity contribution in [1.82, 2.24) is 4.98 Å². The van der Waals surface area contributed by atoms with Crippen LogP contribution in [0.15, 0.2) is 42.6 Å². The van der Waals surface area contributed by atoms with Crippen LogP contribution in [0.4, 0.5) is 0 Å².